The van der Waals surface area contributed by atoms with E-state index >= 15 is 0 Å². The number of hydrogen-bond donors (Lipinski definition) is 1. The molecule has 1 amide bonds. The summed E-state index contributed by atoms with van der Waals surface area (Å²) in [6.45, 7) is 2.13. The normalized spacial score (nSPS) is 10.4. The predicted octanol–water partition coefficient (Wildman–Crippen LogP) is 5.58. The number of benzene rings is 3. The van der Waals surface area contributed by atoms with E-state index in [0.29, 0.717) is 6.42 Å². The van der Waals surface area contributed by atoms with Gasteiger partial charge in [0.05, 0.1) is 12.1 Å². The molecule has 0 atom stereocenters. The molecule has 0 aliphatic heterocycles. The topological polar surface area (TPSA) is 29.1 Å². The first-order chi connectivity index (χ1) is 12.2. The molecule has 3 aromatic carbocycles. The zero-order valence-electron chi connectivity index (χ0n) is 14.2. The fourth-order valence-corrected chi connectivity index (χ4v) is 3.47. The van der Waals surface area contributed by atoms with Gasteiger partial charge in [0, 0.05) is 9.79 Å². The smallest absolute Gasteiger partial charge is 0.228 e. The Morgan fingerprint density at radius 1 is 0.840 bits per heavy atom. The third-order valence-corrected chi connectivity index (χ3v) is 5.01. The summed E-state index contributed by atoms with van der Waals surface area (Å²) in [4.78, 5) is 14.6. The van der Waals surface area contributed by atoms with Gasteiger partial charge in [-0.1, -0.05) is 73.3 Å². The quantitative estimate of drug-likeness (QED) is 0.630. The van der Waals surface area contributed by atoms with Crippen molar-refractivity contribution in [3.63, 3.8) is 0 Å². The lowest BCUT2D eigenvalue weighted by Gasteiger charge is -2.11. The lowest BCUT2D eigenvalue weighted by molar-refractivity contribution is -0.115. The molecule has 0 unspecified atom stereocenters. The number of para-hydroxylation sites is 1. The van der Waals surface area contributed by atoms with Gasteiger partial charge < -0.3 is 5.32 Å². The Balaban J connectivity index is 1.68. The van der Waals surface area contributed by atoms with Gasteiger partial charge in [-0.25, -0.2) is 0 Å². The van der Waals surface area contributed by atoms with Crippen molar-refractivity contribution in [1.82, 2.24) is 0 Å². The van der Waals surface area contributed by atoms with Crippen LogP contribution in [0.4, 0.5) is 5.69 Å². The third kappa shape index (κ3) is 4.97. The first-order valence-electron chi connectivity index (χ1n) is 8.44. The van der Waals surface area contributed by atoms with Crippen LogP contribution in [0.1, 0.15) is 18.1 Å². The summed E-state index contributed by atoms with van der Waals surface area (Å²) in [6, 6.07) is 26.3. The van der Waals surface area contributed by atoms with E-state index in [1.165, 1.54) is 5.56 Å². The van der Waals surface area contributed by atoms with Crippen LogP contribution in [-0.2, 0) is 17.6 Å². The molecule has 0 radical (unpaired) electrons. The van der Waals surface area contributed by atoms with Gasteiger partial charge in [-0.2, -0.15) is 0 Å². The van der Waals surface area contributed by atoms with Gasteiger partial charge in [-0.3, -0.25) is 4.79 Å². The summed E-state index contributed by atoms with van der Waals surface area (Å²) in [7, 11) is 0. The van der Waals surface area contributed by atoms with E-state index in [2.05, 4.69) is 36.5 Å². The predicted molar refractivity (Wildman–Crippen MR) is 105 cm³/mol. The molecule has 0 spiro atoms. The molecule has 0 heterocycles. The minimum absolute atomic E-state index is 0.00496. The van der Waals surface area contributed by atoms with Gasteiger partial charge in [0.15, 0.2) is 0 Å². The number of aryl methyl sites for hydroxylation is 1. The van der Waals surface area contributed by atoms with Crippen molar-refractivity contribution in [3.05, 3.63) is 90.0 Å². The van der Waals surface area contributed by atoms with E-state index < -0.39 is 0 Å². The number of anilines is 1. The molecule has 0 saturated carbocycles. The molecule has 3 rings (SSSR count). The lowest BCUT2D eigenvalue weighted by Crippen LogP contribution is -2.14. The van der Waals surface area contributed by atoms with Gasteiger partial charge in [0.2, 0.25) is 5.91 Å². The summed E-state index contributed by atoms with van der Waals surface area (Å²) in [5.41, 5.74) is 3.17. The van der Waals surface area contributed by atoms with Crippen LogP contribution in [0.25, 0.3) is 0 Å². The average Bonchev–Trinajstić information content (AvgIpc) is 2.65. The first kappa shape index (κ1) is 17.3. The van der Waals surface area contributed by atoms with Crippen LogP contribution in [0.5, 0.6) is 0 Å². The highest BCUT2D eigenvalue weighted by molar-refractivity contribution is 7.99. The molecule has 1 N–H and O–H groups in total. The van der Waals surface area contributed by atoms with E-state index in [-0.39, 0.29) is 5.91 Å². The Hall–Kier alpha value is -2.52. The van der Waals surface area contributed by atoms with Crippen LogP contribution in [0.15, 0.2) is 88.7 Å². The van der Waals surface area contributed by atoms with Crippen molar-refractivity contribution in [2.24, 2.45) is 0 Å². The summed E-state index contributed by atoms with van der Waals surface area (Å²) < 4.78 is 0. The Bertz CT molecular complexity index is 828. The van der Waals surface area contributed by atoms with Crippen molar-refractivity contribution < 1.29 is 4.79 Å². The van der Waals surface area contributed by atoms with Crippen molar-refractivity contribution in [2.45, 2.75) is 29.6 Å². The molecule has 0 aliphatic carbocycles. The number of carbonyl (C=O) groups excluding carboxylic acids is 1. The van der Waals surface area contributed by atoms with Crippen LogP contribution < -0.4 is 5.32 Å². The highest BCUT2D eigenvalue weighted by Gasteiger charge is 2.09. The second kappa shape index (κ2) is 8.54. The van der Waals surface area contributed by atoms with Crippen LogP contribution in [0.2, 0.25) is 0 Å². The lowest BCUT2D eigenvalue weighted by atomic mass is 10.1. The molecular weight excluding hydrogens is 326 g/mol. The fourth-order valence-electron chi connectivity index (χ4n) is 2.55. The minimum Gasteiger partial charge on any atom is -0.325 e. The van der Waals surface area contributed by atoms with Gasteiger partial charge in [-0.15, -0.1) is 0 Å². The minimum atomic E-state index is 0.00496. The third-order valence-electron chi connectivity index (χ3n) is 3.93. The second-order valence-electron chi connectivity index (χ2n) is 5.81. The number of carbonyl (C=O) groups is 1. The fraction of sp³-hybridized carbons (Fsp3) is 0.136. The highest BCUT2D eigenvalue weighted by Crippen LogP contribution is 2.33. The second-order valence-corrected chi connectivity index (χ2v) is 6.92. The molecule has 25 heavy (non-hydrogen) atoms. The van der Waals surface area contributed by atoms with Crippen LogP contribution >= 0.6 is 11.8 Å². The highest BCUT2D eigenvalue weighted by atomic mass is 32.2. The Labute approximate surface area is 153 Å². The molecule has 0 aromatic heterocycles. The van der Waals surface area contributed by atoms with Gasteiger partial charge in [-0.05, 0) is 41.8 Å². The van der Waals surface area contributed by atoms with Crippen LogP contribution in [0, 0.1) is 0 Å². The Kier molecular flexibility index (Phi) is 5.91. The largest absolute Gasteiger partial charge is 0.325 e. The van der Waals surface area contributed by atoms with E-state index in [0.717, 1.165) is 27.5 Å². The van der Waals surface area contributed by atoms with Crippen molar-refractivity contribution in [1.29, 1.82) is 0 Å². The molecule has 126 valence electrons. The zero-order chi connectivity index (χ0) is 17.5. The van der Waals surface area contributed by atoms with Crippen molar-refractivity contribution >= 4 is 23.4 Å². The zero-order valence-corrected chi connectivity index (χ0v) is 15.1. The van der Waals surface area contributed by atoms with E-state index in [1.807, 2.05) is 54.6 Å². The molecule has 3 aromatic rings. The van der Waals surface area contributed by atoms with Crippen LogP contribution in [-0.4, -0.2) is 5.91 Å². The molecule has 2 nitrogen and oxygen atoms in total. The summed E-state index contributed by atoms with van der Waals surface area (Å²) in [6.07, 6.45) is 1.39. The van der Waals surface area contributed by atoms with Gasteiger partial charge in [0.1, 0.15) is 0 Å². The van der Waals surface area contributed by atoms with E-state index in [1.54, 1.807) is 11.8 Å². The number of nitrogens with one attached hydrogen (secondary N) is 1. The van der Waals surface area contributed by atoms with Gasteiger partial charge in [0.25, 0.3) is 0 Å². The molecule has 0 fully saturated rings. The standard InChI is InChI=1S/C22H21NOS/c1-2-17-12-14-18(15-13-17)16-22(24)23-20-10-6-7-11-21(20)25-19-8-4-3-5-9-19/h3-15H,2,16H2,1H3,(H,23,24). The van der Waals surface area contributed by atoms with E-state index in [9.17, 15) is 4.79 Å². The Morgan fingerprint density at radius 3 is 2.20 bits per heavy atom. The maximum Gasteiger partial charge on any atom is 0.228 e. The summed E-state index contributed by atoms with van der Waals surface area (Å²) in [5, 5.41) is 3.05. The first-order valence-corrected chi connectivity index (χ1v) is 9.26. The molecule has 0 saturated heterocycles. The number of hydrogen-bond acceptors (Lipinski definition) is 2. The summed E-state index contributed by atoms with van der Waals surface area (Å²) in [5.74, 6) is 0.00496. The maximum atomic E-state index is 12.4. The van der Waals surface area contributed by atoms with Gasteiger partial charge >= 0.3 is 0 Å². The number of rotatable bonds is 6. The SMILES string of the molecule is CCc1ccc(CC(=O)Nc2ccccc2Sc2ccccc2)cc1. The van der Waals surface area contributed by atoms with Crippen molar-refractivity contribution in [2.75, 3.05) is 5.32 Å². The maximum absolute atomic E-state index is 12.4. The monoisotopic (exact) mass is 347 g/mol. The number of amides is 1. The summed E-state index contributed by atoms with van der Waals surface area (Å²) >= 11 is 1.65. The molecule has 0 aliphatic rings. The van der Waals surface area contributed by atoms with E-state index in [4.69, 9.17) is 0 Å². The van der Waals surface area contributed by atoms with Crippen LogP contribution in [0.3, 0.4) is 0 Å². The molecular formula is C22H21NOS. The average molecular weight is 347 g/mol. The molecule has 0 bridgehead atoms. The Morgan fingerprint density at radius 2 is 1.48 bits per heavy atom. The van der Waals surface area contributed by atoms with Crippen molar-refractivity contribution in [3.8, 4) is 0 Å². The molecule has 3 heteroatoms.